The quantitative estimate of drug-likeness (QED) is 0.458. The lowest BCUT2D eigenvalue weighted by Gasteiger charge is -2.42. The van der Waals surface area contributed by atoms with Crippen LogP contribution in [-0.2, 0) is 11.3 Å². The average molecular weight is 588 g/mol. The molecule has 2 saturated carbocycles. The monoisotopic (exact) mass is 587 g/mol. The molecule has 6 nitrogen and oxygen atoms in total. The van der Waals surface area contributed by atoms with Gasteiger partial charge in [0.05, 0.1) is 45.7 Å². The molecule has 10 heteroatoms. The average Bonchev–Trinajstić information content (AvgIpc) is 3.50. The summed E-state index contributed by atoms with van der Waals surface area (Å²) in [4.78, 5) is 33.2. The standard InChI is InChI=1S/C27H24BrF2N3O3S/c1-26(30)12-33(13-26)21(35)11-32-14-31-24-23(25(32)36)22(16-2-3-18(29)17(28)9-16)19(37-24)5-7-27-6-4-15(10-27)8-20(27)34/h2-3,9,14-15,20,34H,4,6,8,10-13H2,1H3. The second-order valence-corrected chi connectivity index (χ2v) is 12.6. The number of aliphatic hydroxyl groups is 1. The van der Waals surface area contributed by atoms with Gasteiger partial charge in [-0.15, -0.1) is 11.3 Å². The molecule has 1 amide bonds. The van der Waals surface area contributed by atoms with Crippen molar-refractivity contribution in [3.05, 3.63) is 50.0 Å². The minimum Gasteiger partial charge on any atom is -0.392 e. The zero-order valence-electron chi connectivity index (χ0n) is 20.1. The lowest BCUT2D eigenvalue weighted by Crippen LogP contribution is -2.60. The topological polar surface area (TPSA) is 75.4 Å². The van der Waals surface area contributed by atoms with E-state index in [4.69, 9.17) is 0 Å². The third-order valence-electron chi connectivity index (χ3n) is 7.86. The number of aromatic nitrogens is 2. The number of benzene rings is 1. The van der Waals surface area contributed by atoms with E-state index in [0.29, 0.717) is 32.1 Å². The van der Waals surface area contributed by atoms with Crippen molar-refractivity contribution in [3.8, 4) is 23.0 Å². The number of fused-ring (bicyclic) bond motifs is 3. The van der Waals surface area contributed by atoms with Gasteiger partial charge in [-0.1, -0.05) is 17.9 Å². The molecule has 2 bridgehead atoms. The summed E-state index contributed by atoms with van der Waals surface area (Å²) >= 11 is 4.50. The van der Waals surface area contributed by atoms with Crippen LogP contribution in [0.3, 0.4) is 0 Å². The van der Waals surface area contributed by atoms with Crippen molar-refractivity contribution in [2.24, 2.45) is 11.3 Å². The first-order valence-corrected chi connectivity index (χ1v) is 13.8. The Morgan fingerprint density at radius 1 is 1.38 bits per heavy atom. The van der Waals surface area contributed by atoms with E-state index in [-0.39, 0.29) is 30.0 Å². The van der Waals surface area contributed by atoms with Gasteiger partial charge in [-0.3, -0.25) is 14.2 Å². The number of hydrogen-bond donors (Lipinski definition) is 1. The maximum absolute atomic E-state index is 14.1. The number of carbonyl (C=O) groups is 1. The first kappa shape index (κ1) is 24.7. The van der Waals surface area contributed by atoms with Crippen LogP contribution >= 0.6 is 27.3 Å². The summed E-state index contributed by atoms with van der Waals surface area (Å²) in [7, 11) is 0. The lowest BCUT2D eigenvalue weighted by molar-refractivity contribution is -0.144. The number of thiophene rings is 1. The Morgan fingerprint density at radius 2 is 2.16 bits per heavy atom. The van der Waals surface area contributed by atoms with Gasteiger partial charge in [-0.2, -0.15) is 0 Å². The molecule has 3 unspecified atom stereocenters. The normalized spacial score (nSPS) is 25.7. The van der Waals surface area contributed by atoms with Crippen molar-refractivity contribution in [2.45, 2.75) is 50.9 Å². The smallest absolute Gasteiger partial charge is 0.263 e. The first-order chi connectivity index (χ1) is 17.6. The van der Waals surface area contributed by atoms with Crippen LogP contribution in [0, 0.1) is 29.0 Å². The Kier molecular flexibility index (Phi) is 5.82. The molecule has 2 aromatic heterocycles. The number of rotatable bonds is 3. The molecule has 1 saturated heterocycles. The number of amides is 1. The largest absolute Gasteiger partial charge is 0.392 e. The fourth-order valence-electron chi connectivity index (χ4n) is 5.93. The Hall–Kier alpha value is -2.61. The van der Waals surface area contributed by atoms with Gasteiger partial charge in [0.1, 0.15) is 22.9 Å². The molecule has 0 radical (unpaired) electrons. The van der Waals surface area contributed by atoms with Crippen molar-refractivity contribution in [2.75, 3.05) is 13.1 Å². The van der Waals surface area contributed by atoms with Crippen molar-refractivity contribution < 1.29 is 18.7 Å². The zero-order valence-corrected chi connectivity index (χ0v) is 22.5. The molecule has 3 fully saturated rings. The predicted molar refractivity (Wildman–Crippen MR) is 140 cm³/mol. The lowest BCUT2D eigenvalue weighted by atomic mass is 9.82. The highest BCUT2D eigenvalue weighted by atomic mass is 79.9. The highest BCUT2D eigenvalue weighted by Crippen LogP contribution is 2.54. The van der Waals surface area contributed by atoms with Crippen molar-refractivity contribution in [1.29, 1.82) is 0 Å². The SMILES string of the molecule is CC1(F)CN(C(=O)Cn2cnc3sc(C#CC45CCC(CC4O)C5)c(-c4ccc(F)c(Br)c4)c3c2=O)C1. The Morgan fingerprint density at radius 3 is 2.81 bits per heavy atom. The van der Waals surface area contributed by atoms with E-state index in [1.807, 2.05) is 0 Å². The van der Waals surface area contributed by atoms with Crippen LogP contribution in [0.1, 0.15) is 37.5 Å². The van der Waals surface area contributed by atoms with E-state index in [9.17, 15) is 23.5 Å². The van der Waals surface area contributed by atoms with Gasteiger partial charge in [0.2, 0.25) is 5.91 Å². The summed E-state index contributed by atoms with van der Waals surface area (Å²) < 4.78 is 29.4. The summed E-state index contributed by atoms with van der Waals surface area (Å²) in [5, 5.41) is 10.9. The van der Waals surface area contributed by atoms with Gasteiger partial charge in [0.15, 0.2) is 0 Å². The number of carbonyl (C=O) groups excluding carboxylic acids is 1. The van der Waals surface area contributed by atoms with Crippen molar-refractivity contribution in [1.82, 2.24) is 14.5 Å². The number of alkyl halides is 1. The van der Waals surface area contributed by atoms with Gasteiger partial charge in [0, 0.05) is 5.56 Å². The fourth-order valence-corrected chi connectivity index (χ4v) is 7.32. The molecule has 1 N–H and O–H groups in total. The Labute approximate surface area is 224 Å². The molecular weight excluding hydrogens is 564 g/mol. The van der Waals surface area contributed by atoms with Crippen LogP contribution in [-0.4, -0.2) is 50.3 Å². The van der Waals surface area contributed by atoms with Gasteiger partial charge in [-0.25, -0.2) is 13.8 Å². The van der Waals surface area contributed by atoms with E-state index in [1.165, 1.54) is 40.1 Å². The van der Waals surface area contributed by atoms with E-state index < -0.39 is 28.6 Å². The molecule has 2 aliphatic carbocycles. The van der Waals surface area contributed by atoms with Crippen LogP contribution in [0.4, 0.5) is 8.78 Å². The summed E-state index contributed by atoms with van der Waals surface area (Å²) in [6, 6.07) is 4.50. The number of halogens is 3. The Bertz CT molecular complexity index is 1560. The number of hydrogen-bond acceptors (Lipinski definition) is 5. The van der Waals surface area contributed by atoms with Gasteiger partial charge >= 0.3 is 0 Å². The van der Waals surface area contributed by atoms with E-state index >= 15 is 0 Å². The van der Waals surface area contributed by atoms with Gasteiger partial charge in [0.25, 0.3) is 5.56 Å². The van der Waals surface area contributed by atoms with Gasteiger partial charge in [-0.05, 0) is 72.2 Å². The highest BCUT2D eigenvalue weighted by molar-refractivity contribution is 9.10. The zero-order chi connectivity index (χ0) is 26.1. The fraction of sp³-hybridized carbons (Fsp3) is 0.444. The molecule has 3 aliphatic rings. The minimum absolute atomic E-state index is 0.00222. The maximum Gasteiger partial charge on any atom is 0.263 e. The molecule has 3 atom stereocenters. The summed E-state index contributed by atoms with van der Waals surface area (Å²) in [5.41, 5.74) is -1.13. The Balaban J connectivity index is 1.46. The van der Waals surface area contributed by atoms with E-state index in [0.717, 1.165) is 25.7 Å². The second-order valence-electron chi connectivity index (χ2n) is 10.7. The number of aliphatic hydroxyl groups excluding tert-OH is 1. The summed E-state index contributed by atoms with van der Waals surface area (Å²) in [5.74, 6) is 6.30. The van der Waals surface area contributed by atoms with Gasteiger partial charge < -0.3 is 10.0 Å². The molecule has 1 aromatic carbocycles. The maximum atomic E-state index is 14.1. The minimum atomic E-state index is -1.40. The number of nitrogens with zero attached hydrogens (tertiary/aromatic N) is 3. The highest BCUT2D eigenvalue weighted by Gasteiger charge is 2.50. The number of likely N-dealkylation sites (tertiary alicyclic amines) is 1. The van der Waals surface area contributed by atoms with Crippen LogP contribution in [0.5, 0.6) is 0 Å². The first-order valence-electron chi connectivity index (χ1n) is 12.2. The van der Waals surface area contributed by atoms with Crippen molar-refractivity contribution >= 4 is 43.4 Å². The third-order valence-corrected chi connectivity index (χ3v) is 9.48. The van der Waals surface area contributed by atoms with Crippen LogP contribution in [0.2, 0.25) is 0 Å². The van der Waals surface area contributed by atoms with E-state index in [1.54, 1.807) is 12.1 Å². The molecular formula is C27H24BrF2N3O3S. The van der Waals surface area contributed by atoms with Crippen molar-refractivity contribution in [3.63, 3.8) is 0 Å². The van der Waals surface area contributed by atoms with E-state index in [2.05, 4.69) is 32.8 Å². The van der Waals surface area contributed by atoms with Crippen LogP contribution in [0.25, 0.3) is 21.3 Å². The third kappa shape index (κ3) is 4.21. The molecule has 192 valence electrons. The second kappa shape index (κ2) is 8.72. The molecule has 6 rings (SSSR count). The summed E-state index contributed by atoms with van der Waals surface area (Å²) in [6.07, 6.45) is 4.38. The summed E-state index contributed by atoms with van der Waals surface area (Å²) in [6.45, 7) is 1.18. The molecule has 3 aromatic rings. The molecule has 37 heavy (non-hydrogen) atoms. The molecule has 3 heterocycles. The molecule has 0 spiro atoms. The van der Waals surface area contributed by atoms with Crippen LogP contribution < -0.4 is 5.56 Å². The molecule has 1 aliphatic heterocycles. The predicted octanol–water partition coefficient (Wildman–Crippen LogP) is 4.50. The van der Waals surface area contributed by atoms with Crippen LogP contribution in [0.15, 0.2) is 33.8 Å².